The third kappa shape index (κ3) is 3.40. The van der Waals surface area contributed by atoms with E-state index in [1.807, 2.05) is 23.1 Å². The Hall–Kier alpha value is -3.40. The van der Waals surface area contributed by atoms with Gasteiger partial charge in [0, 0.05) is 31.9 Å². The zero-order valence-electron chi connectivity index (χ0n) is 17.0. The number of hydrogen-bond acceptors (Lipinski definition) is 5. The summed E-state index contributed by atoms with van der Waals surface area (Å²) in [5.41, 5.74) is 8.67. The third-order valence-electron chi connectivity index (χ3n) is 5.84. The number of pyridine rings is 1. The van der Waals surface area contributed by atoms with Gasteiger partial charge in [0.1, 0.15) is 17.2 Å². The van der Waals surface area contributed by atoms with Gasteiger partial charge in [-0.3, -0.25) is 9.59 Å². The van der Waals surface area contributed by atoms with Crippen molar-refractivity contribution in [1.82, 2.24) is 19.9 Å². The number of rotatable bonds is 3. The summed E-state index contributed by atoms with van der Waals surface area (Å²) >= 11 is 3.22. The second-order valence-corrected chi connectivity index (χ2v) is 8.25. The molecule has 0 bridgehead atoms. The van der Waals surface area contributed by atoms with Gasteiger partial charge < -0.3 is 25.5 Å². The molecule has 1 saturated heterocycles. The lowest BCUT2D eigenvalue weighted by molar-refractivity contribution is -0.128. The van der Waals surface area contributed by atoms with E-state index >= 15 is 0 Å². The number of fused-ring (bicyclic) bond motifs is 2. The van der Waals surface area contributed by atoms with E-state index < -0.39 is 11.4 Å². The van der Waals surface area contributed by atoms with Crippen molar-refractivity contribution in [2.75, 3.05) is 42.1 Å². The van der Waals surface area contributed by atoms with E-state index in [4.69, 9.17) is 5.73 Å². The van der Waals surface area contributed by atoms with Crippen LogP contribution in [0.3, 0.4) is 0 Å². The fourth-order valence-corrected chi connectivity index (χ4v) is 4.54. The first-order chi connectivity index (χ1) is 15.5. The number of nitrogens with two attached hydrogens (primary N) is 1. The minimum Gasteiger partial charge on any atom is -0.397 e. The van der Waals surface area contributed by atoms with Crippen molar-refractivity contribution < 1.29 is 9.18 Å². The van der Waals surface area contributed by atoms with E-state index in [2.05, 4.69) is 35.8 Å². The second kappa shape index (κ2) is 7.94. The first-order valence-electron chi connectivity index (χ1n) is 10.1. The summed E-state index contributed by atoms with van der Waals surface area (Å²) in [6.45, 7) is 2.76. The van der Waals surface area contributed by atoms with Crippen molar-refractivity contribution in [3.8, 4) is 11.4 Å². The Morgan fingerprint density at radius 1 is 1.12 bits per heavy atom. The first kappa shape index (κ1) is 20.5. The summed E-state index contributed by atoms with van der Waals surface area (Å²) in [6.07, 6.45) is 0. The molecule has 0 saturated carbocycles. The minimum absolute atomic E-state index is 0.0497. The Bertz CT molecular complexity index is 1410. The molecular formula is C22H20BrFN6O2. The molecule has 0 unspecified atom stereocenters. The monoisotopic (exact) mass is 498 g/mol. The maximum Gasteiger partial charge on any atom is 0.261 e. The Labute approximate surface area is 190 Å². The summed E-state index contributed by atoms with van der Waals surface area (Å²) in [5, 5.41) is 0.496. The number of halogens is 2. The number of benzene rings is 2. The van der Waals surface area contributed by atoms with Crippen molar-refractivity contribution in [3.05, 3.63) is 52.6 Å². The summed E-state index contributed by atoms with van der Waals surface area (Å²) in [4.78, 5) is 39.0. The fourth-order valence-electron chi connectivity index (χ4n) is 4.18. The van der Waals surface area contributed by atoms with Gasteiger partial charge in [-0.25, -0.2) is 9.37 Å². The second-order valence-electron chi connectivity index (χ2n) is 7.69. The number of alkyl halides is 1. The normalized spacial score (nSPS) is 14.4. The maximum atomic E-state index is 14.4. The van der Waals surface area contributed by atoms with Crippen molar-refractivity contribution in [1.29, 1.82) is 0 Å². The summed E-state index contributed by atoms with van der Waals surface area (Å²) in [5.74, 6) is -0.129. The number of nitrogens with zero attached hydrogens (tertiary/aromatic N) is 3. The van der Waals surface area contributed by atoms with Crippen LogP contribution in [0.2, 0.25) is 0 Å². The average Bonchev–Trinajstić information content (AvgIpc) is 3.21. The number of carbonyl (C=O) groups is 1. The number of nitrogen functional groups attached to an aromatic ring is 1. The van der Waals surface area contributed by atoms with Crippen LogP contribution in [-0.4, -0.2) is 57.3 Å². The molecule has 0 atom stereocenters. The van der Waals surface area contributed by atoms with Crippen LogP contribution in [0.25, 0.3) is 33.3 Å². The maximum absolute atomic E-state index is 14.4. The molecule has 164 valence electrons. The summed E-state index contributed by atoms with van der Waals surface area (Å²) in [6, 6.07) is 10.2. The van der Waals surface area contributed by atoms with Crippen LogP contribution in [0.4, 0.5) is 15.8 Å². The van der Waals surface area contributed by atoms with Crippen LogP contribution in [0.15, 0.2) is 41.2 Å². The molecule has 10 heteroatoms. The standard InChI is InChI=1S/C22H20BrFN6O2/c23-11-17(31)30-8-6-29(7-9-30)12-4-5-14-16(10-12)27-21(26-14)19-20(25)18-13(24)2-1-3-15(18)28-22(19)32/h1-5,10H,6-9,11H2,(H,26,27)(H3,25,28,32). The lowest BCUT2D eigenvalue weighted by atomic mass is 10.1. The number of aromatic amines is 2. The lowest BCUT2D eigenvalue weighted by Crippen LogP contribution is -2.49. The number of aromatic nitrogens is 3. The number of H-pyrrole nitrogens is 2. The van der Waals surface area contributed by atoms with Crippen LogP contribution in [0.5, 0.6) is 0 Å². The molecule has 2 aromatic carbocycles. The number of anilines is 2. The number of hydrogen-bond donors (Lipinski definition) is 3. The molecule has 0 spiro atoms. The molecule has 1 aliphatic heterocycles. The predicted molar refractivity (Wildman–Crippen MR) is 127 cm³/mol. The molecule has 1 fully saturated rings. The van der Waals surface area contributed by atoms with Gasteiger partial charge in [-0.05, 0) is 30.3 Å². The zero-order chi connectivity index (χ0) is 22.4. The molecule has 2 aromatic heterocycles. The van der Waals surface area contributed by atoms with Crippen LogP contribution in [0, 0.1) is 5.82 Å². The quantitative estimate of drug-likeness (QED) is 0.376. The topological polar surface area (TPSA) is 111 Å². The smallest absolute Gasteiger partial charge is 0.261 e. The number of imidazole rings is 1. The molecule has 4 N–H and O–H groups in total. The van der Waals surface area contributed by atoms with Gasteiger partial charge in [0.05, 0.1) is 33.0 Å². The van der Waals surface area contributed by atoms with Gasteiger partial charge in [0.25, 0.3) is 5.56 Å². The number of amides is 1. The van der Waals surface area contributed by atoms with E-state index in [0.29, 0.717) is 29.5 Å². The van der Waals surface area contributed by atoms with E-state index in [-0.39, 0.29) is 28.4 Å². The molecule has 32 heavy (non-hydrogen) atoms. The van der Waals surface area contributed by atoms with Crippen LogP contribution < -0.4 is 16.2 Å². The van der Waals surface area contributed by atoms with Crippen molar-refractivity contribution in [3.63, 3.8) is 0 Å². The van der Waals surface area contributed by atoms with Crippen molar-refractivity contribution in [2.45, 2.75) is 0 Å². The molecule has 1 amide bonds. The minimum atomic E-state index is -0.506. The van der Waals surface area contributed by atoms with Gasteiger partial charge in [0.15, 0.2) is 0 Å². The molecule has 0 radical (unpaired) electrons. The summed E-state index contributed by atoms with van der Waals surface area (Å²) in [7, 11) is 0. The van der Waals surface area contributed by atoms with Gasteiger partial charge in [-0.2, -0.15) is 0 Å². The number of carbonyl (C=O) groups excluding carboxylic acids is 1. The average molecular weight is 499 g/mol. The largest absolute Gasteiger partial charge is 0.397 e. The SMILES string of the molecule is Nc1c(-c2nc3ccc(N4CCN(C(=O)CBr)CC4)cc3[nH]2)c(=O)[nH]c2cccc(F)c12. The predicted octanol–water partition coefficient (Wildman–Crippen LogP) is 2.84. The van der Waals surface area contributed by atoms with Crippen LogP contribution in [-0.2, 0) is 4.79 Å². The molecule has 8 nitrogen and oxygen atoms in total. The first-order valence-corrected chi connectivity index (χ1v) is 11.3. The lowest BCUT2D eigenvalue weighted by Gasteiger charge is -2.35. The van der Waals surface area contributed by atoms with Crippen molar-refractivity contribution in [2.24, 2.45) is 0 Å². The van der Waals surface area contributed by atoms with E-state index in [9.17, 15) is 14.0 Å². The van der Waals surface area contributed by atoms with Crippen LogP contribution >= 0.6 is 15.9 Å². The van der Waals surface area contributed by atoms with Gasteiger partial charge in [-0.1, -0.05) is 22.0 Å². The highest BCUT2D eigenvalue weighted by Crippen LogP contribution is 2.31. The fraction of sp³-hybridized carbons (Fsp3) is 0.227. The van der Waals surface area contributed by atoms with E-state index in [1.54, 1.807) is 6.07 Å². The van der Waals surface area contributed by atoms with E-state index in [1.165, 1.54) is 12.1 Å². The van der Waals surface area contributed by atoms with Gasteiger partial charge in [0.2, 0.25) is 5.91 Å². The zero-order valence-corrected chi connectivity index (χ0v) is 18.6. The van der Waals surface area contributed by atoms with Crippen molar-refractivity contribution >= 4 is 55.1 Å². The molecular weight excluding hydrogens is 479 g/mol. The highest BCUT2D eigenvalue weighted by molar-refractivity contribution is 9.09. The number of nitrogens with one attached hydrogen (secondary N) is 2. The Balaban J connectivity index is 1.50. The Morgan fingerprint density at radius 3 is 2.66 bits per heavy atom. The third-order valence-corrected chi connectivity index (χ3v) is 6.32. The van der Waals surface area contributed by atoms with Crippen LogP contribution in [0.1, 0.15) is 0 Å². The molecule has 5 rings (SSSR count). The molecule has 4 aromatic rings. The Kier molecular flexibility index (Phi) is 5.09. The number of piperazine rings is 1. The highest BCUT2D eigenvalue weighted by Gasteiger charge is 2.22. The molecule has 0 aliphatic carbocycles. The Morgan fingerprint density at radius 2 is 1.91 bits per heavy atom. The molecule has 3 heterocycles. The highest BCUT2D eigenvalue weighted by atomic mass is 79.9. The molecule has 1 aliphatic rings. The van der Waals surface area contributed by atoms with Gasteiger partial charge >= 0.3 is 0 Å². The summed E-state index contributed by atoms with van der Waals surface area (Å²) < 4.78 is 14.4. The van der Waals surface area contributed by atoms with E-state index in [0.717, 1.165) is 24.3 Å². The van der Waals surface area contributed by atoms with Gasteiger partial charge in [-0.15, -0.1) is 0 Å².